The highest BCUT2D eigenvalue weighted by molar-refractivity contribution is 5.87. The lowest BCUT2D eigenvalue weighted by molar-refractivity contribution is 0.0670. The molecule has 1 unspecified atom stereocenters. The lowest BCUT2D eigenvalue weighted by Gasteiger charge is -2.18. The minimum absolute atomic E-state index is 0.00477. The Bertz CT molecular complexity index is 347. The van der Waals surface area contributed by atoms with Crippen LogP contribution in [0.3, 0.4) is 0 Å². The Morgan fingerprint density at radius 1 is 1.77 bits per heavy atom. The molecule has 0 saturated heterocycles. The van der Waals surface area contributed by atoms with Crippen LogP contribution in [-0.4, -0.2) is 27.9 Å². The number of carboxylic acids is 1. The highest BCUT2D eigenvalue weighted by Crippen LogP contribution is 2.23. The molecule has 1 aliphatic rings. The third-order valence-corrected chi connectivity index (χ3v) is 2.02. The predicted octanol–water partition coefficient (Wildman–Crippen LogP) is -0.362. The highest BCUT2D eigenvalue weighted by atomic mass is 16.5. The summed E-state index contributed by atoms with van der Waals surface area (Å²) in [6.45, 7) is 0.662. The zero-order valence-corrected chi connectivity index (χ0v) is 6.78. The first-order valence-electron chi connectivity index (χ1n) is 3.84. The van der Waals surface area contributed by atoms with Gasteiger partial charge in [-0.15, -0.1) is 0 Å². The van der Waals surface area contributed by atoms with Crippen LogP contribution < -0.4 is 5.73 Å². The monoisotopic (exact) mass is 183 g/mol. The second-order valence-electron chi connectivity index (χ2n) is 2.89. The van der Waals surface area contributed by atoms with Crippen LogP contribution in [0.2, 0.25) is 0 Å². The molecule has 0 bridgehead atoms. The van der Waals surface area contributed by atoms with Gasteiger partial charge in [0.05, 0.1) is 24.9 Å². The van der Waals surface area contributed by atoms with Crippen LogP contribution >= 0.6 is 0 Å². The van der Waals surface area contributed by atoms with Crippen LogP contribution in [0.4, 0.5) is 0 Å². The standard InChI is InChI=1S/C7H9N3O3/c8-4-2-13-1-3-5(4)9-10-6(3)7(11)12/h4H,1-2,8H2,(H,9,10)(H,11,12). The summed E-state index contributed by atoms with van der Waals surface area (Å²) in [5.41, 5.74) is 6.91. The van der Waals surface area contributed by atoms with Crippen molar-refractivity contribution in [2.24, 2.45) is 5.73 Å². The third kappa shape index (κ3) is 1.20. The van der Waals surface area contributed by atoms with Gasteiger partial charge < -0.3 is 15.6 Å². The SMILES string of the molecule is NC1COCc2c(C(=O)O)n[nH]c21. The molecule has 0 aliphatic carbocycles. The van der Waals surface area contributed by atoms with E-state index in [0.29, 0.717) is 17.9 Å². The number of aromatic carboxylic acids is 1. The van der Waals surface area contributed by atoms with E-state index < -0.39 is 5.97 Å². The number of ether oxygens (including phenoxy) is 1. The van der Waals surface area contributed by atoms with Gasteiger partial charge in [0.1, 0.15) is 0 Å². The number of aromatic amines is 1. The highest BCUT2D eigenvalue weighted by Gasteiger charge is 2.26. The average Bonchev–Trinajstić information content (AvgIpc) is 2.48. The van der Waals surface area contributed by atoms with Crippen LogP contribution in [0.1, 0.15) is 27.8 Å². The van der Waals surface area contributed by atoms with E-state index in [1.54, 1.807) is 0 Å². The number of carboxylic acid groups (broad SMARTS) is 1. The zero-order chi connectivity index (χ0) is 9.42. The molecule has 1 aromatic heterocycles. The smallest absolute Gasteiger partial charge is 0.356 e. The van der Waals surface area contributed by atoms with Crippen molar-refractivity contribution in [3.8, 4) is 0 Å². The van der Waals surface area contributed by atoms with E-state index in [4.69, 9.17) is 15.6 Å². The lowest BCUT2D eigenvalue weighted by atomic mass is 10.1. The molecule has 0 spiro atoms. The van der Waals surface area contributed by atoms with Crippen molar-refractivity contribution in [3.05, 3.63) is 17.0 Å². The van der Waals surface area contributed by atoms with Crippen molar-refractivity contribution in [2.45, 2.75) is 12.6 Å². The number of rotatable bonds is 1. The van der Waals surface area contributed by atoms with Crippen LogP contribution in [0.15, 0.2) is 0 Å². The molecule has 13 heavy (non-hydrogen) atoms. The maximum absolute atomic E-state index is 10.7. The zero-order valence-electron chi connectivity index (χ0n) is 6.78. The average molecular weight is 183 g/mol. The number of H-pyrrole nitrogens is 1. The van der Waals surface area contributed by atoms with E-state index in [-0.39, 0.29) is 18.3 Å². The normalized spacial score (nSPS) is 21.2. The van der Waals surface area contributed by atoms with Gasteiger partial charge >= 0.3 is 5.97 Å². The van der Waals surface area contributed by atoms with Crippen LogP contribution in [0.5, 0.6) is 0 Å². The van der Waals surface area contributed by atoms with Crippen molar-refractivity contribution in [2.75, 3.05) is 6.61 Å². The van der Waals surface area contributed by atoms with E-state index in [1.165, 1.54) is 0 Å². The number of nitrogens with two attached hydrogens (primary N) is 1. The summed E-state index contributed by atoms with van der Waals surface area (Å²) in [6.07, 6.45) is 0. The summed E-state index contributed by atoms with van der Waals surface area (Å²) in [5, 5.41) is 15.0. The summed E-state index contributed by atoms with van der Waals surface area (Å²) >= 11 is 0. The fraction of sp³-hybridized carbons (Fsp3) is 0.429. The molecular formula is C7H9N3O3. The first-order chi connectivity index (χ1) is 6.20. The van der Waals surface area contributed by atoms with Gasteiger partial charge in [-0.2, -0.15) is 5.10 Å². The minimum Gasteiger partial charge on any atom is -0.476 e. The largest absolute Gasteiger partial charge is 0.476 e. The number of fused-ring (bicyclic) bond motifs is 1. The Hall–Kier alpha value is -1.40. The second-order valence-corrected chi connectivity index (χ2v) is 2.89. The number of hydrogen-bond acceptors (Lipinski definition) is 4. The van der Waals surface area contributed by atoms with Gasteiger partial charge in [-0.1, -0.05) is 0 Å². The summed E-state index contributed by atoms with van der Waals surface area (Å²) < 4.78 is 5.11. The molecule has 0 fully saturated rings. The van der Waals surface area contributed by atoms with E-state index in [2.05, 4.69) is 10.2 Å². The first kappa shape index (κ1) is 8.21. The Balaban J connectivity index is 2.47. The minimum atomic E-state index is -1.06. The van der Waals surface area contributed by atoms with Gasteiger partial charge in [0.15, 0.2) is 5.69 Å². The van der Waals surface area contributed by atoms with Crippen LogP contribution in [0, 0.1) is 0 Å². The van der Waals surface area contributed by atoms with Gasteiger partial charge in [0.2, 0.25) is 0 Å². The molecule has 1 atom stereocenters. The molecule has 2 heterocycles. The van der Waals surface area contributed by atoms with Crippen molar-refractivity contribution >= 4 is 5.97 Å². The van der Waals surface area contributed by atoms with Crippen molar-refractivity contribution in [1.29, 1.82) is 0 Å². The van der Waals surface area contributed by atoms with Crippen molar-refractivity contribution in [3.63, 3.8) is 0 Å². The number of nitrogens with zero attached hydrogens (tertiary/aromatic N) is 1. The molecular weight excluding hydrogens is 174 g/mol. The Morgan fingerprint density at radius 3 is 3.23 bits per heavy atom. The number of hydrogen-bond donors (Lipinski definition) is 3. The molecule has 2 rings (SSSR count). The molecule has 6 heteroatoms. The van der Waals surface area contributed by atoms with Crippen molar-refractivity contribution < 1.29 is 14.6 Å². The molecule has 0 aromatic carbocycles. The first-order valence-corrected chi connectivity index (χ1v) is 3.84. The van der Waals surface area contributed by atoms with E-state index in [1.807, 2.05) is 0 Å². The molecule has 1 aromatic rings. The fourth-order valence-electron chi connectivity index (χ4n) is 1.38. The van der Waals surface area contributed by atoms with Gasteiger partial charge in [-0.25, -0.2) is 4.79 Å². The van der Waals surface area contributed by atoms with E-state index >= 15 is 0 Å². The quantitative estimate of drug-likeness (QED) is 0.551. The summed E-state index contributed by atoms with van der Waals surface area (Å²) in [6, 6.07) is -0.302. The summed E-state index contributed by atoms with van der Waals surface area (Å²) in [7, 11) is 0. The molecule has 0 saturated carbocycles. The molecule has 0 radical (unpaired) electrons. The van der Waals surface area contributed by atoms with Gasteiger partial charge in [-0.05, 0) is 0 Å². The van der Waals surface area contributed by atoms with Gasteiger partial charge in [0, 0.05) is 5.56 Å². The molecule has 0 amide bonds. The second kappa shape index (κ2) is 2.82. The number of carbonyl (C=O) groups is 1. The fourth-order valence-corrected chi connectivity index (χ4v) is 1.38. The molecule has 4 N–H and O–H groups in total. The molecule has 70 valence electrons. The number of nitrogens with one attached hydrogen (secondary N) is 1. The van der Waals surface area contributed by atoms with E-state index in [9.17, 15) is 4.79 Å². The Labute approximate surface area is 73.7 Å². The topological polar surface area (TPSA) is 101 Å². The Kier molecular flexibility index (Phi) is 1.78. The summed E-state index contributed by atoms with van der Waals surface area (Å²) in [5.74, 6) is -1.06. The molecule has 1 aliphatic heterocycles. The Morgan fingerprint density at radius 2 is 2.54 bits per heavy atom. The van der Waals surface area contributed by atoms with Crippen molar-refractivity contribution in [1.82, 2.24) is 10.2 Å². The van der Waals surface area contributed by atoms with Gasteiger partial charge in [0.25, 0.3) is 0 Å². The predicted molar refractivity (Wildman–Crippen MR) is 42.1 cm³/mol. The van der Waals surface area contributed by atoms with Crippen LogP contribution in [0.25, 0.3) is 0 Å². The van der Waals surface area contributed by atoms with E-state index in [0.717, 1.165) is 0 Å². The summed E-state index contributed by atoms with van der Waals surface area (Å²) in [4.78, 5) is 10.7. The van der Waals surface area contributed by atoms with Crippen LogP contribution in [-0.2, 0) is 11.3 Å². The maximum atomic E-state index is 10.7. The third-order valence-electron chi connectivity index (χ3n) is 2.02. The maximum Gasteiger partial charge on any atom is 0.356 e. The molecule has 6 nitrogen and oxygen atoms in total. The lowest BCUT2D eigenvalue weighted by Crippen LogP contribution is -2.24. The number of aromatic nitrogens is 2. The van der Waals surface area contributed by atoms with Gasteiger partial charge in [-0.3, -0.25) is 5.10 Å².